The molecule has 1 saturated carbocycles. The van der Waals surface area contributed by atoms with Gasteiger partial charge in [0.25, 0.3) is 5.91 Å². The Morgan fingerprint density at radius 3 is 2.35 bits per heavy atom. The number of hydroxylamine groups is 1. The van der Waals surface area contributed by atoms with Crippen molar-refractivity contribution in [1.29, 1.82) is 0 Å². The molecule has 2 amide bonds. The van der Waals surface area contributed by atoms with Crippen LogP contribution in [0.15, 0.2) is 30.3 Å². The summed E-state index contributed by atoms with van der Waals surface area (Å²) in [6.45, 7) is 0.640. The SMILES string of the molecule is O=C(NCC1CCC(C(=O)NO)CC1)c1ccccc1. The van der Waals surface area contributed by atoms with E-state index in [0.29, 0.717) is 18.0 Å². The van der Waals surface area contributed by atoms with Gasteiger partial charge in [0.2, 0.25) is 5.91 Å². The normalized spacial score (nSPS) is 22.1. The van der Waals surface area contributed by atoms with E-state index in [2.05, 4.69) is 5.32 Å². The summed E-state index contributed by atoms with van der Waals surface area (Å²) in [4.78, 5) is 23.2. The Kier molecular flexibility index (Phi) is 5.12. The fourth-order valence-corrected chi connectivity index (χ4v) is 2.65. The van der Waals surface area contributed by atoms with Crippen molar-refractivity contribution in [3.05, 3.63) is 35.9 Å². The van der Waals surface area contributed by atoms with Crippen LogP contribution < -0.4 is 10.8 Å². The lowest BCUT2D eigenvalue weighted by molar-refractivity contribution is -0.134. The lowest BCUT2D eigenvalue weighted by atomic mass is 9.81. The van der Waals surface area contributed by atoms with Gasteiger partial charge in [0.1, 0.15) is 0 Å². The minimum Gasteiger partial charge on any atom is -0.352 e. The van der Waals surface area contributed by atoms with Crippen LogP contribution in [0, 0.1) is 11.8 Å². The van der Waals surface area contributed by atoms with Gasteiger partial charge in [-0.05, 0) is 43.7 Å². The Balaban J connectivity index is 1.74. The number of hydrogen-bond donors (Lipinski definition) is 3. The molecule has 108 valence electrons. The summed E-state index contributed by atoms with van der Waals surface area (Å²) in [7, 11) is 0. The first-order valence-electron chi connectivity index (χ1n) is 6.98. The van der Waals surface area contributed by atoms with E-state index < -0.39 is 0 Å². The third kappa shape index (κ3) is 3.81. The van der Waals surface area contributed by atoms with E-state index in [0.717, 1.165) is 25.7 Å². The maximum absolute atomic E-state index is 11.9. The number of nitrogens with one attached hydrogen (secondary N) is 2. The second-order valence-corrected chi connectivity index (χ2v) is 5.27. The quantitative estimate of drug-likeness (QED) is 0.579. The molecule has 0 saturated heterocycles. The highest BCUT2D eigenvalue weighted by atomic mass is 16.5. The van der Waals surface area contributed by atoms with Gasteiger partial charge in [-0.15, -0.1) is 0 Å². The van der Waals surface area contributed by atoms with E-state index in [4.69, 9.17) is 5.21 Å². The zero-order valence-corrected chi connectivity index (χ0v) is 11.3. The zero-order chi connectivity index (χ0) is 14.4. The van der Waals surface area contributed by atoms with Crippen molar-refractivity contribution in [1.82, 2.24) is 10.8 Å². The summed E-state index contributed by atoms with van der Waals surface area (Å²) in [5.74, 6) is -0.0379. The molecule has 5 heteroatoms. The van der Waals surface area contributed by atoms with Crippen LogP contribution in [0.1, 0.15) is 36.0 Å². The summed E-state index contributed by atoms with van der Waals surface area (Å²) in [5.41, 5.74) is 2.38. The van der Waals surface area contributed by atoms with Crippen molar-refractivity contribution < 1.29 is 14.8 Å². The largest absolute Gasteiger partial charge is 0.352 e. The molecule has 0 radical (unpaired) electrons. The molecule has 0 atom stereocenters. The standard InChI is InChI=1S/C15H20N2O3/c18-14(12-4-2-1-3-5-12)16-10-11-6-8-13(9-7-11)15(19)17-20/h1-5,11,13,20H,6-10H2,(H,16,18)(H,17,19). The Hall–Kier alpha value is -1.88. The average molecular weight is 276 g/mol. The Morgan fingerprint density at radius 2 is 1.75 bits per heavy atom. The summed E-state index contributed by atoms with van der Waals surface area (Å²) in [5, 5.41) is 11.5. The molecule has 0 aromatic heterocycles. The molecule has 5 nitrogen and oxygen atoms in total. The molecular formula is C15H20N2O3. The number of rotatable bonds is 4. The van der Waals surface area contributed by atoms with E-state index in [1.165, 1.54) is 0 Å². The second-order valence-electron chi connectivity index (χ2n) is 5.27. The maximum Gasteiger partial charge on any atom is 0.251 e. The summed E-state index contributed by atoms with van der Waals surface area (Å²) >= 11 is 0. The monoisotopic (exact) mass is 276 g/mol. The zero-order valence-electron chi connectivity index (χ0n) is 11.3. The predicted molar refractivity (Wildman–Crippen MR) is 74.2 cm³/mol. The Morgan fingerprint density at radius 1 is 1.10 bits per heavy atom. The van der Waals surface area contributed by atoms with Gasteiger partial charge >= 0.3 is 0 Å². The van der Waals surface area contributed by atoms with Crippen molar-refractivity contribution >= 4 is 11.8 Å². The van der Waals surface area contributed by atoms with Gasteiger partial charge in [-0.1, -0.05) is 18.2 Å². The van der Waals surface area contributed by atoms with Crippen LogP contribution in [0.5, 0.6) is 0 Å². The lowest BCUT2D eigenvalue weighted by Gasteiger charge is -2.27. The minimum absolute atomic E-state index is 0.0548. The molecule has 1 aromatic rings. The fourth-order valence-electron chi connectivity index (χ4n) is 2.65. The van der Waals surface area contributed by atoms with Crippen LogP contribution in [0.4, 0.5) is 0 Å². The van der Waals surface area contributed by atoms with Crippen LogP contribution in [0.2, 0.25) is 0 Å². The van der Waals surface area contributed by atoms with E-state index in [1.54, 1.807) is 17.6 Å². The number of hydrogen-bond acceptors (Lipinski definition) is 3. The van der Waals surface area contributed by atoms with Gasteiger partial charge in [-0.2, -0.15) is 0 Å². The smallest absolute Gasteiger partial charge is 0.251 e. The maximum atomic E-state index is 11.9. The van der Waals surface area contributed by atoms with E-state index in [-0.39, 0.29) is 17.7 Å². The number of benzene rings is 1. The molecule has 0 unspecified atom stereocenters. The third-order valence-corrected chi connectivity index (χ3v) is 3.92. The van der Waals surface area contributed by atoms with Crippen LogP contribution in [0.25, 0.3) is 0 Å². The first-order valence-corrected chi connectivity index (χ1v) is 6.98. The Bertz CT molecular complexity index is 453. The molecule has 20 heavy (non-hydrogen) atoms. The Labute approximate surface area is 118 Å². The van der Waals surface area contributed by atoms with Crippen molar-refractivity contribution in [2.45, 2.75) is 25.7 Å². The van der Waals surface area contributed by atoms with Gasteiger partial charge in [0.05, 0.1) is 0 Å². The third-order valence-electron chi connectivity index (χ3n) is 3.92. The minimum atomic E-state index is -0.295. The average Bonchev–Trinajstić information content (AvgIpc) is 2.53. The van der Waals surface area contributed by atoms with Crippen LogP contribution in [-0.4, -0.2) is 23.6 Å². The molecule has 2 rings (SSSR count). The van der Waals surface area contributed by atoms with Gasteiger partial charge in [-0.25, -0.2) is 5.48 Å². The summed E-state index contributed by atoms with van der Waals surface area (Å²) < 4.78 is 0. The van der Waals surface area contributed by atoms with Gasteiger partial charge in [0, 0.05) is 18.0 Å². The van der Waals surface area contributed by atoms with Crippen molar-refractivity contribution in [3.63, 3.8) is 0 Å². The van der Waals surface area contributed by atoms with Crippen LogP contribution in [-0.2, 0) is 4.79 Å². The van der Waals surface area contributed by atoms with Crippen molar-refractivity contribution in [2.24, 2.45) is 11.8 Å². The summed E-state index contributed by atoms with van der Waals surface area (Å²) in [6, 6.07) is 9.14. The highest BCUT2D eigenvalue weighted by Gasteiger charge is 2.26. The number of amides is 2. The molecule has 0 bridgehead atoms. The molecule has 1 aromatic carbocycles. The van der Waals surface area contributed by atoms with Crippen LogP contribution >= 0.6 is 0 Å². The first kappa shape index (κ1) is 14.5. The molecule has 0 heterocycles. The highest BCUT2D eigenvalue weighted by Crippen LogP contribution is 2.28. The van der Waals surface area contributed by atoms with Gasteiger partial charge in [-0.3, -0.25) is 14.8 Å². The van der Waals surface area contributed by atoms with Crippen LogP contribution in [0.3, 0.4) is 0 Å². The lowest BCUT2D eigenvalue weighted by Crippen LogP contribution is -2.35. The van der Waals surface area contributed by atoms with Gasteiger partial charge < -0.3 is 5.32 Å². The highest BCUT2D eigenvalue weighted by molar-refractivity contribution is 5.94. The fraction of sp³-hybridized carbons (Fsp3) is 0.467. The first-order chi connectivity index (χ1) is 9.70. The van der Waals surface area contributed by atoms with E-state index in [9.17, 15) is 9.59 Å². The van der Waals surface area contributed by atoms with E-state index >= 15 is 0 Å². The van der Waals surface area contributed by atoms with Crippen molar-refractivity contribution in [2.75, 3.05) is 6.54 Å². The second kappa shape index (κ2) is 7.05. The topological polar surface area (TPSA) is 78.4 Å². The number of carbonyl (C=O) groups is 2. The molecule has 0 spiro atoms. The summed E-state index contributed by atoms with van der Waals surface area (Å²) in [6.07, 6.45) is 3.32. The predicted octanol–water partition coefficient (Wildman–Crippen LogP) is 1.73. The molecule has 1 aliphatic carbocycles. The molecular weight excluding hydrogens is 256 g/mol. The number of carbonyl (C=O) groups excluding carboxylic acids is 2. The van der Waals surface area contributed by atoms with Gasteiger partial charge in [0.15, 0.2) is 0 Å². The van der Waals surface area contributed by atoms with Crippen molar-refractivity contribution in [3.8, 4) is 0 Å². The molecule has 3 N–H and O–H groups in total. The molecule has 1 fully saturated rings. The molecule has 0 aliphatic heterocycles. The molecule has 1 aliphatic rings. The van der Waals surface area contributed by atoms with E-state index in [1.807, 2.05) is 18.2 Å².